The smallest absolute Gasteiger partial charge is 0.231 e. The van der Waals surface area contributed by atoms with Crippen LogP contribution in [-0.2, 0) is 22.6 Å². The number of nitrogens with zero attached hydrogens (tertiary/aromatic N) is 2. The van der Waals surface area contributed by atoms with E-state index < -0.39 is 0 Å². The second-order valence-electron chi connectivity index (χ2n) is 7.17. The number of aromatic nitrogens is 2. The van der Waals surface area contributed by atoms with Crippen molar-refractivity contribution in [3.63, 3.8) is 0 Å². The number of hydrogen-bond donors (Lipinski definition) is 2. The first-order valence-electron chi connectivity index (χ1n) is 9.20. The highest BCUT2D eigenvalue weighted by Crippen LogP contribution is 2.37. The highest BCUT2D eigenvalue weighted by atomic mass is 16.7. The fourth-order valence-corrected chi connectivity index (χ4v) is 3.96. The maximum absolute atomic E-state index is 12.7. The van der Waals surface area contributed by atoms with Crippen LogP contribution in [0.4, 0.5) is 0 Å². The van der Waals surface area contributed by atoms with Gasteiger partial charge in [-0.15, -0.1) is 0 Å². The summed E-state index contributed by atoms with van der Waals surface area (Å²) in [6, 6.07) is 5.73. The number of carbonyl (C=O) groups is 2. The Balaban J connectivity index is 1.35. The van der Waals surface area contributed by atoms with E-state index in [2.05, 4.69) is 15.5 Å². The van der Waals surface area contributed by atoms with Crippen LogP contribution in [0.3, 0.4) is 0 Å². The lowest BCUT2D eigenvalue weighted by atomic mass is 10.00. The van der Waals surface area contributed by atoms with E-state index in [1.165, 1.54) is 0 Å². The Morgan fingerprint density at radius 1 is 1.26 bits per heavy atom. The molecule has 0 saturated carbocycles. The first-order valence-corrected chi connectivity index (χ1v) is 9.20. The van der Waals surface area contributed by atoms with Gasteiger partial charge < -0.3 is 19.7 Å². The molecule has 8 nitrogen and oxygen atoms in total. The molecule has 4 heterocycles. The van der Waals surface area contributed by atoms with Crippen molar-refractivity contribution >= 4 is 11.8 Å². The predicted octanol–water partition coefficient (Wildman–Crippen LogP) is 1.36. The van der Waals surface area contributed by atoms with Crippen molar-refractivity contribution in [1.29, 1.82) is 0 Å². The van der Waals surface area contributed by atoms with E-state index in [1.54, 1.807) is 0 Å². The van der Waals surface area contributed by atoms with E-state index in [0.29, 0.717) is 31.7 Å². The van der Waals surface area contributed by atoms with Gasteiger partial charge in [0.2, 0.25) is 18.6 Å². The van der Waals surface area contributed by atoms with Gasteiger partial charge in [-0.1, -0.05) is 0 Å². The van der Waals surface area contributed by atoms with Gasteiger partial charge in [-0.2, -0.15) is 5.10 Å². The summed E-state index contributed by atoms with van der Waals surface area (Å²) in [5, 5.41) is 10.5. The normalized spacial score (nSPS) is 20.5. The topological polar surface area (TPSA) is 96.6 Å². The van der Waals surface area contributed by atoms with Crippen molar-refractivity contribution in [1.82, 2.24) is 20.4 Å². The standard InChI is InChI=1S/C19H20N4O4/c24-17-4-2-12(20-17)8-18(25)23-6-5-14-13(9-23)19(22-21-14)11-1-3-15-16(7-11)27-10-26-15/h1,3,7,12H,2,4-6,8-10H2,(H,20,24)(H,21,22). The van der Waals surface area contributed by atoms with Gasteiger partial charge >= 0.3 is 0 Å². The summed E-state index contributed by atoms with van der Waals surface area (Å²) in [5.41, 5.74) is 3.90. The maximum atomic E-state index is 12.7. The molecule has 0 radical (unpaired) electrons. The van der Waals surface area contributed by atoms with Gasteiger partial charge in [0.15, 0.2) is 11.5 Å². The molecule has 1 aromatic carbocycles. The molecule has 0 bridgehead atoms. The number of benzene rings is 1. The Hall–Kier alpha value is -3.03. The lowest BCUT2D eigenvalue weighted by molar-refractivity contribution is -0.132. The second-order valence-corrected chi connectivity index (χ2v) is 7.17. The number of aromatic amines is 1. The predicted molar refractivity (Wildman–Crippen MR) is 95.0 cm³/mol. The number of rotatable bonds is 3. The number of nitrogens with one attached hydrogen (secondary N) is 2. The van der Waals surface area contributed by atoms with Crippen molar-refractivity contribution < 1.29 is 19.1 Å². The Labute approximate surface area is 155 Å². The molecule has 1 aromatic heterocycles. The van der Waals surface area contributed by atoms with Gasteiger partial charge in [-0.05, 0) is 24.6 Å². The molecular formula is C19H20N4O4. The molecule has 2 aromatic rings. The van der Waals surface area contributed by atoms with Crippen LogP contribution in [0.25, 0.3) is 11.3 Å². The minimum absolute atomic E-state index is 0.0358. The minimum Gasteiger partial charge on any atom is -0.454 e. The lowest BCUT2D eigenvalue weighted by Crippen LogP contribution is -2.39. The largest absolute Gasteiger partial charge is 0.454 e. The molecule has 8 heteroatoms. The molecule has 27 heavy (non-hydrogen) atoms. The Kier molecular flexibility index (Phi) is 3.77. The zero-order valence-electron chi connectivity index (χ0n) is 14.8. The minimum atomic E-state index is -0.0379. The van der Waals surface area contributed by atoms with E-state index in [-0.39, 0.29) is 24.6 Å². The van der Waals surface area contributed by atoms with Gasteiger partial charge in [0.05, 0.1) is 5.69 Å². The van der Waals surface area contributed by atoms with Crippen LogP contribution in [0.15, 0.2) is 18.2 Å². The quantitative estimate of drug-likeness (QED) is 0.853. The van der Waals surface area contributed by atoms with Gasteiger partial charge in [0.25, 0.3) is 0 Å². The molecule has 5 rings (SSSR count). The zero-order valence-corrected chi connectivity index (χ0v) is 14.8. The van der Waals surface area contributed by atoms with E-state index >= 15 is 0 Å². The van der Waals surface area contributed by atoms with E-state index in [4.69, 9.17) is 9.47 Å². The van der Waals surface area contributed by atoms with Crippen LogP contribution in [-0.4, -0.2) is 46.3 Å². The van der Waals surface area contributed by atoms with Crippen LogP contribution in [0.5, 0.6) is 11.5 Å². The van der Waals surface area contributed by atoms with E-state index in [9.17, 15) is 9.59 Å². The van der Waals surface area contributed by atoms with Crippen LogP contribution in [0.1, 0.15) is 30.5 Å². The summed E-state index contributed by atoms with van der Waals surface area (Å²) >= 11 is 0. The molecule has 1 atom stereocenters. The van der Waals surface area contributed by atoms with Crippen LogP contribution in [0.2, 0.25) is 0 Å². The summed E-state index contributed by atoms with van der Waals surface area (Å²) in [4.78, 5) is 25.9. The molecular weight excluding hydrogens is 348 g/mol. The molecule has 0 spiro atoms. The lowest BCUT2D eigenvalue weighted by Gasteiger charge is -2.28. The summed E-state index contributed by atoms with van der Waals surface area (Å²) in [7, 11) is 0. The first-order chi connectivity index (χ1) is 13.2. The average molecular weight is 368 g/mol. The first kappa shape index (κ1) is 16.2. The highest BCUT2D eigenvalue weighted by Gasteiger charge is 2.29. The molecule has 140 valence electrons. The Morgan fingerprint density at radius 3 is 3.00 bits per heavy atom. The number of H-pyrrole nitrogens is 1. The number of hydrogen-bond acceptors (Lipinski definition) is 5. The van der Waals surface area contributed by atoms with Crippen molar-refractivity contribution in [2.75, 3.05) is 13.3 Å². The molecule has 3 aliphatic heterocycles. The summed E-state index contributed by atoms with van der Waals surface area (Å²) in [5.74, 6) is 1.56. The third kappa shape index (κ3) is 2.90. The Bertz CT molecular complexity index is 922. The van der Waals surface area contributed by atoms with Crippen LogP contribution in [0, 0.1) is 0 Å². The number of fused-ring (bicyclic) bond motifs is 2. The third-order valence-corrected chi connectivity index (χ3v) is 5.44. The van der Waals surface area contributed by atoms with E-state index in [1.807, 2.05) is 23.1 Å². The van der Waals surface area contributed by atoms with Crippen molar-refractivity contribution in [3.8, 4) is 22.8 Å². The molecule has 0 aliphatic carbocycles. The number of amides is 2. The fourth-order valence-electron chi connectivity index (χ4n) is 3.96. The van der Waals surface area contributed by atoms with Gasteiger partial charge in [-0.3, -0.25) is 14.7 Å². The molecule has 2 amide bonds. The van der Waals surface area contributed by atoms with Crippen molar-refractivity contribution in [2.45, 2.75) is 38.3 Å². The monoisotopic (exact) mass is 368 g/mol. The summed E-state index contributed by atoms with van der Waals surface area (Å²) in [6.07, 6.45) is 2.35. The SMILES string of the molecule is O=C1CCC(CC(=O)N2CCc3[nH]nc(-c4ccc5c(c4)OCO5)c3C2)N1. The molecule has 1 unspecified atom stereocenters. The Morgan fingerprint density at radius 2 is 2.15 bits per heavy atom. The van der Waals surface area contributed by atoms with E-state index in [0.717, 1.165) is 41.1 Å². The van der Waals surface area contributed by atoms with Gasteiger partial charge in [-0.25, -0.2) is 0 Å². The molecule has 2 N–H and O–H groups in total. The van der Waals surface area contributed by atoms with Crippen LogP contribution >= 0.6 is 0 Å². The maximum Gasteiger partial charge on any atom is 0.231 e. The number of carbonyl (C=O) groups excluding carboxylic acids is 2. The van der Waals surface area contributed by atoms with Gasteiger partial charge in [0.1, 0.15) is 0 Å². The number of ether oxygens (including phenoxy) is 2. The molecule has 1 fully saturated rings. The fraction of sp³-hybridized carbons (Fsp3) is 0.421. The van der Waals surface area contributed by atoms with Crippen molar-refractivity contribution in [3.05, 3.63) is 29.5 Å². The average Bonchev–Trinajstić information content (AvgIpc) is 3.39. The highest BCUT2D eigenvalue weighted by molar-refractivity contribution is 5.82. The summed E-state index contributed by atoms with van der Waals surface area (Å²) in [6.45, 7) is 1.42. The zero-order chi connectivity index (χ0) is 18.4. The summed E-state index contributed by atoms with van der Waals surface area (Å²) < 4.78 is 10.8. The second kappa shape index (κ2) is 6.29. The molecule has 3 aliphatic rings. The molecule has 1 saturated heterocycles. The van der Waals surface area contributed by atoms with Gasteiger partial charge in [0, 0.05) is 55.2 Å². The van der Waals surface area contributed by atoms with Crippen LogP contribution < -0.4 is 14.8 Å². The van der Waals surface area contributed by atoms with Crippen molar-refractivity contribution in [2.24, 2.45) is 0 Å². The third-order valence-electron chi connectivity index (χ3n) is 5.44.